The number of aryl methyl sites for hydroxylation is 1. The lowest BCUT2D eigenvalue weighted by Crippen LogP contribution is -2.38. The third-order valence-electron chi connectivity index (χ3n) is 7.27. The largest absolute Gasteiger partial charge is 0.465 e. The number of benzene rings is 4. The predicted molar refractivity (Wildman–Crippen MR) is 139 cm³/mol. The summed E-state index contributed by atoms with van der Waals surface area (Å²) in [7, 11) is 1.37. The topological polar surface area (TPSA) is 61.2 Å². The van der Waals surface area contributed by atoms with Gasteiger partial charge in [-0.25, -0.2) is 9.78 Å². The highest BCUT2D eigenvalue weighted by atomic mass is 16.5. The van der Waals surface area contributed by atoms with Crippen molar-refractivity contribution in [3.8, 4) is 11.1 Å². The van der Waals surface area contributed by atoms with Crippen molar-refractivity contribution >= 4 is 22.9 Å². The first-order chi connectivity index (χ1) is 17.4. The van der Waals surface area contributed by atoms with E-state index in [1.54, 1.807) is 10.6 Å². The van der Waals surface area contributed by atoms with Crippen molar-refractivity contribution in [2.75, 3.05) is 7.11 Å². The number of nitrogens with zero attached hydrogens (tertiary/aromatic N) is 2. The van der Waals surface area contributed by atoms with Crippen molar-refractivity contribution in [1.82, 2.24) is 9.55 Å². The number of hydrogen-bond acceptors (Lipinski definition) is 4. The number of rotatable bonds is 3. The number of esters is 1. The summed E-state index contributed by atoms with van der Waals surface area (Å²) in [6.45, 7) is 4.20. The summed E-state index contributed by atoms with van der Waals surface area (Å²) in [6.07, 6.45) is 0. The maximum Gasteiger partial charge on any atom is 0.338 e. The zero-order chi connectivity index (χ0) is 25.0. The second-order valence-electron chi connectivity index (χ2n) is 9.35. The van der Waals surface area contributed by atoms with Gasteiger partial charge in [0.2, 0.25) is 0 Å². The van der Waals surface area contributed by atoms with Crippen LogP contribution in [0.15, 0.2) is 91.0 Å². The minimum absolute atomic E-state index is 0.105. The predicted octanol–water partition coefficient (Wildman–Crippen LogP) is 6.15. The lowest BCUT2D eigenvalue weighted by atomic mass is 9.71. The molecule has 5 heteroatoms. The molecule has 2 heterocycles. The van der Waals surface area contributed by atoms with E-state index in [1.165, 1.54) is 12.7 Å². The van der Waals surface area contributed by atoms with Gasteiger partial charge in [0, 0.05) is 5.56 Å². The molecule has 5 nitrogen and oxygen atoms in total. The van der Waals surface area contributed by atoms with Gasteiger partial charge in [-0.2, -0.15) is 0 Å². The van der Waals surface area contributed by atoms with Gasteiger partial charge in [0.05, 0.1) is 29.1 Å². The van der Waals surface area contributed by atoms with Gasteiger partial charge >= 0.3 is 5.97 Å². The van der Waals surface area contributed by atoms with Crippen molar-refractivity contribution in [2.24, 2.45) is 0 Å². The van der Waals surface area contributed by atoms with E-state index in [0.717, 1.165) is 27.8 Å². The molecule has 0 saturated carbocycles. The van der Waals surface area contributed by atoms with Gasteiger partial charge in [0.25, 0.3) is 5.91 Å². The fourth-order valence-corrected chi connectivity index (χ4v) is 5.32. The summed E-state index contributed by atoms with van der Waals surface area (Å²) >= 11 is 0. The molecule has 0 aliphatic carbocycles. The molecular weight excluding hydrogens is 448 g/mol. The highest BCUT2D eigenvalue weighted by Crippen LogP contribution is 2.45. The molecule has 176 valence electrons. The van der Waals surface area contributed by atoms with Gasteiger partial charge in [-0.1, -0.05) is 72.3 Å². The Morgan fingerprint density at radius 2 is 1.58 bits per heavy atom. The zero-order valence-corrected chi connectivity index (χ0v) is 20.3. The fraction of sp³-hybridized carbons (Fsp3) is 0.129. The fourth-order valence-electron chi connectivity index (χ4n) is 5.32. The highest BCUT2D eigenvalue weighted by Gasteiger charge is 2.44. The quantitative estimate of drug-likeness (QED) is 0.295. The van der Waals surface area contributed by atoms with Crippen molar-refractivity contribution in [3.63, 3.8) is 0 Å². The number of methoxy groups -OCH3 is 1. The summed E-state index contributed by atoms with van der Waals surface area (Å²) in [5.41, 5.74) is 6.68. The number of aromatic nitrogens is 2. The Labute approximate surface area is 209 Å². The molecule has 1 aliphatic rings. The molecule has 0 amide bonds. The van der Waals surface area contributed by atoms with E-state index in [1.807, 2.05) is 60.7 Å². The van der Waals surface area contributed by atoms with Gasteiger partial charge in [0.1, 0.15) is 5.82 Å². The summed E-state index contributed by atoms with van der Waals surface area (Å²) < 4.78 is 6.73. The third-order valence-corrected chi connectivity index (χ3v) is 7.27. The van der Waals surface area contributed by atoms with Crippen LogP contribution in [0.25, 0.3) is 22.2 Å². The first-order valence-electron chi connectivity index (χ1n) is 11.9. The summed E-state index contributed by atoms with van der Waals surface area (Å²) in [5, 5.41) is 0. The summed E-state index contributed by atoms with van der Waals surface area (Å²) in [4.78, 5) is 31.3. The average molecular weight is 473 g/mol. The van der Waals surface area contributed by atoms with Crippen molar-refractivity contribution in [2.45, 2.75) is 19.3 Å². The average Bonchev–Trinajstić information content (AvgIpc) is 3.31. The number of carbonyl (C=O) groups excluding carboxylic acids is 2. The Bertz CT molecular complexity index is 1680. The third kappa shape index (κ3) is 3.06. The van der Waals surface area contributed by atoms with E-state index >= 15 is 0 Å². The van der Waals surface area contributed by atoms with Crippen molar-refractivity contribution in [3.05, 3.63) is 125 Å². The van der Waals surface area contributed by atoms with E-state index in [2.05, 4.69) is 38.1 Å². The molecule has 0 fully saturated rings. The van der Waals surface area contributed by atoms with Gasteiger partial charge in [0.15, 0.2) is 0 Å². The first kappa shape index (κ1) is 22.0. The Morgan fingerprint density at radius 1 is 0.889 bits per heavy atom. The van der Waals surface area contributed by atoms with Crippen LogP contribution in [-0.4, -0.2) is 28.5 Å². The monoisotopic (exact) mass is 472 g/mol. The van der Waals surface area contributed by atoms with E-state index < -0.39 is 11.4 Å². The van der Waals surface area contributed by atoms with Crippen LogP contribution in [0.2, 0.25) is 0 Å². The van der Waals surface area contributed by atoms with Gasteiger partial charge in [-0.3, -0.25) is 9.36 Å². The summed E-state index contributed by atoms with van der Waals surface area (Å²) in [6, 6.07) is 29.3. The molecule has 0 N–H and O–H groups in total. The van der Waals surface area contributed by atoms with Gasteiger partial charge < -0.3 is 4.74 Å². The Kier molecular flexibility index (Phi) is 4.90. The second-order valence-corrected chi connectivity index (χ2v) is 9.35. The lowest BCUT2D eigenvalue weighted by Gasteiger charge is -2.36. The van der Waals surface area contributed by atoms with Crippen LogP contribution in [0.5, 0.6) is 0 Å². The van der Waals surface area contributed by atoms with E-state index in [4.69, 9.17) is 9.72 Å². The number of fused-ring (bicyclic) bond motifs is 4. The molecule has 0 spiro atoms. The molecule has 5 aromatic rings. The van der Waals surface area contributed by atoms with E-state index in [-0.39, 0.29) is 5.91 Å². The van der Waals surface area contributed by atoms with Crippen LogP contribution in [0.4, 0.5) is 0 Å². The number of ether oxygens (including phenoxy) is 1. The number of imidazole rings is 1. The number of hydrogen-bond donors (Lipinski definition) is 0. The SMILES string of the molecule is COC(=O)c1ccccc1-c1ccc2nc3n(c2c1)C(=O)c1ccccc1C3(C)c1ccc(C)cc1. The van der Waals surface area contributed by atoms with Gasteiger partial charge in [-0.05, 0) is 60.4 Å². The lowest BCUT2D eigenvalue weighted by molar-refractivity contribution is 0.0601. The Morgan fingerprint density at radius 3 is 2.33 bits per heavy atom. The Hall–Kier alpha value is -4.51. The molecule has 4 aromatic carbocycles. The summed E-state index contributed by atoms with van der Waals surface area (Å²) in [5.74, 6) is 0.174. The van der Waals surface area contributed by atoms with Crippen LogP contribution in [0.3, 0.4) is 0 Å². The molecular formula is C31H24N2O3. The molecule has 0 radical (unpaired) electrons. The molecule has 36 heavy (non-hydrogen) atoms. The molecule has 1 aromatic heterocycles. The minimum Gasteiger partial charge on any atom is -0.465 e. The van der Waals surface area contributed by atoms with Crippen LogP contribution in [-0.2, 0) is 10.2 Å². The van der Waals surface area contributed by atoms with E-state index in [0.29, 0.717) is 22.5 Å². The number of carbonyl (C=O) groups is 2. The maximum absolute atomic E-state index is 13.9. The van der Waals surface area contributed by atoms with Crippen LogP contribution >= 0.6 is 0 Å². The highest BCUT2D eigenvalue weighted by molar-refractivity contribution is 6.06. The minimum atomic E-state index is -0.624. The molecule has 1 aliphatic heterocycles. The zero-order valence-electron chi connectivity index (χ0n) is 20.3. The Balaban J connectivity index is 1.64. The standard InChI is InChI=1S/C31H24N2O3/c1-19-12-15-21(16-13-19)31(2)25-11-7-6-10-24(25)28(34)33-27-18-20(14-17-26(27)32-30(31)33)22-8-4-5-9-23(22)29(35)36-3/h4-18H,1-3H3. The van der Waals surface area contributed by atoms with Crippen molar-refractivity contribution < 1.29 is 14.3 Å². The first-order valence-corrected chi connectivity index (χ1v) is 11.9. The van der Waals surface area contributed by atoms with Crippen molar-refractivity contribution in [1.29, 1.82) is 0 Å². The molecule has 0 saturated heterocycles. The second kappa shape index (κ2) is 8.02. The maximum atomic E-state index is 13.9. The smallest absolute Gasteiger partial charge is 0.338 e. The van der Waals surface area contributed by atoms with Crippen LogP contribution in [0.1, 0.15) is 50.2 Å². The van der Waals surface area contributed by atoms with E-state index in [9.17, 15) is 9.59 Å². The van der Waals surface area contributed by atoms with Gasteiger partial charge in [-0.15, -0.1) is 0 Å². The normalized spacial score (nSPS) is 16.5. The molecule has 6 rings (SSSR count). The molecule has 1 unspecified atom stereocenters. The van der Waals surface area contributed by atoms with Crippen LogP contribution < -0.4 is 0 Å². The van der Waals surface area contributed by atoms with Crippen LogP contribution in [0, 0.1) is 6.92 Å². The molecule has 0 bridgehead atoms. The molecule has 1 atom stereocenters.